The van der Waals surface area contributed by atoms with Crippen LogP contribution in [-0.4, -0.2) is 19.3 Å². The normalized spacial score (nSPS) is 12.3. The molecule has 1 N–H and O–H groups in total. The Hall–Kier alpha value is -1.01. The molecule has 0 fully saturated rings. The fourth-order valence-corrected chi connectivity index (χ4v) is 1.69. The van der Waals surface area contributed by atoms with Gasteiger partial charge in [-0.2, -0.15) is 13.2 Å². The van der Waals surface area contributed by atoms with E-state index in [1.807, 2.05) is 6.07 Å². The van der Waals surface area contributed by atoms with Crippen molar-refractivity contribution in [3.8, 4) is 0 Å². The molecule has 20 heavy (non-hydrogen) atoms. The van der Waals surface area contributed by atoms with Crippen molar-refractivity contribution < 1.29 is 22.3 Å². The Morgan fingerprint density at radius 3 is 2.75 bits per heavy atom. The molecule has 6 heteroatoms. The quantitative estimate of drug-likeness (QED) is 0.702. The Bertz CT molecular complexity index is 375. The van der Waals surface area contributed by atoms with E-state index < -0.39 is 12.6 Å². The van der Waals surface area contributed by atoms with Crippen LogP contribution >= 0.6 is 0 Å². The zero-order valence-electron chi connectivity index (χ0n) is 11.9. The van der Waals surface area contributed by atoms with Crippen LogP contribution < -0.4 is 5.32 Å². The maximum atomic E-state index is 11.9. The van der Waals surface area contributed by atoms with Gasteiger partial charge in [0.25, 0.3) is 0 Å². The van der Waals surface area contributed by atoms with Crippen molar-refractivity contribution in [2.24, 2.45) is 5.92 Å². The Kier molecular flexibility index (Phi) is 7.09. The van der Waals surface area contributed by atoms with Crippen LogP contribution in [0.25, 0.3) is 0 Å². The molecule has 0 aliphatic carbocycles. The third-order valence-corrected chi connectivity index (χ3v) is 2.69. The standard InChI is InChI=1S/C14H22F3NO2/c1-11(2)8-18-9-12-4-7-20-13(12)10-19-6-3-5-14(15,16)17/h4,7,11,18H,3,5-6,8-10H2,1-2H3. The molecule has 0 aliphatic rings. The number of hydrogen-bond acceptors (Lipinski definition) is 3. The van der Waals surface area contributed by atoms with Crippen LogP contribution in [0.3, 0.4) is 0 Å². The van der Waals surface area contributed by atoms with E-state index in [1.165, 1.54) is 0 Å². The van der Waals surface area contributed by atoms with Crippen molar-refractivity contribution in [3.05, 3.63) is 23.7 Å². The lowest BCUT2D eigenvalue weighted by Crippen LogP contribution is -2.19. The van der Waals surface area contributed by atoms with Crippen LogP contribution in [0.2, 0.25) is 0 Å². The fourth-order valence-electron chi connectivity index (χ4n) is 1.69. The number of nitrogens with one attached hydrogen (secondary N) is 1. The molecule has 0 aromatic carbocycles. The Morgan fingerprint density at radius 1 is 1.35 bits per heavy atom. The summed E-state index contributed by atoms with van der Waals surface area (Å²) >= 11 is 0. The van der Waals surface area contributed by atoms with Gasteiger partial charge in [-0.15, -0.1) is 0 Å². The summed E-state index contributed by atoms with van der Waals surface area (Å²) in [5.41, 5.74) is 0.987. The van der Waals surface area contributed by atoms with Gasteiger partial charge < -0.3 is 14.5 Å². The van der Waals surface area contributed by atoms with E-state index in [0.717, 1.165) is 12.1 Å². The van der Waals surface area contributed by atoms with Crippen molar-refractivity contribution in [1.29, 1.82) is 0 Å². The summed E-state index contributed by atoms with van der Waals surface area (Å²) in [5, 5.41) is 3.28. The first-order chi connectivity index (χ1) is 9.38. The summed E-state index contributed by atoms with van der Waals surface area (Å²) in [4.78, 5) is 0. The molecule has 0 aliphatic heterocycles. The van der Waals surface area contributed by atoms with Gasteiger partial charge in [0.05, 0.1) is 6.26 Å². The lowest BCUT2D eigenvalue weighted by molar-refractivity contribution is -0.138. The highest BCUT2D eigenvalue weighted by Gasteiger charge is 2.25. The average molecular weight is 293 g/mol. The maximum absolute atomic E-state index is 11.9. The second kappa shape index (κ2) is 8.32. The topological polar surface area (TPSA) is 34.4 Å². The van der Waals surface area contributed by atoms with E-state index in [4.69, 9.17) is 9.15 Å². The van der Waals surface area contributed by atoms with Gasteiger partial charge in [-0.25, -0.2) is 0 Å². The Morgan fingerprint density at radius 2 is 2.10 bits per heavy atom. The SMILES string of the molecule is CC(C)CNCc1ccoc1COCCCC(F)(F)F. The minimum Gasteiger partial charge on any atom is -0.467 e. The fraction of sp³-hybridized carbons (Fsp3) is 0.714. The molecular weight excluding hydrogens is 271 g/mol. The third kappa shape index (κ3) is 7.55. The summed E-state index contributed by atoms with van der Waals surface area (Å²) in [5.74, 6) is 1.23. The number of hydrogen-bond donors (Lipinski definition) is 1. The van der Waals surface area contributed by atoms with Crippen LogP contribution in [0.1, 0.15) is 38.0 Å². The minimum atomic E-state index is -4.11. The van der Waals surface area contributed by atoms with Gasteiger partial charge in [-0.1, -0.05) is 13.8 Å². The summed E-state index contributed by atoms with van der Waals surface area (Å²) in [6.07, 6.45) is -3.38. The zero-order chi connectivity index (χ0) is 15.0. The van der Waals surface area contributed by atoms with E-state index >= 15 is 0 Å². The van der Waals surface area contributed by atoms with Gasteiger partial charge in [0.15, 0.2) is 0 Å². The number of alkyl halides is 3. The number of rotatable bonds is 9. The van der Waals surface area contributed by atoms with Crippen molar-refractivity contribution in [3.63, 3.8) is 0 Å². The van der Waals surface area contributed by atoms with Crippen LogP contribution in [0.15, 0.2) is 16.7 Å². The highest BCUT2D eigenvalue weighted by molar-refractivity contribution is 5.16. The first kappa shape index (κ1) is 17.0. The molecule has 0 spiro atoms. The van der Waals surface area contributed by atoms with Crippen molar-refractivity contribution in [2.45, 2.75) is 46.0 Å². The monoisotopic (exact) mass is 293 g/mol. The Labute approximate surface area is 117 Å². The molecule has 0 radical (unpaired) electrons. The first-order valence-corrected chi connectivity index (χ1v) is 6.79. The van der Waals surface area contributed by atoms with E-state index in [2.05, 4.69) is 19.2 Å². The van der Waals surface area contributed by atoms with Gasteiger partial charge in [-0.05, 0) is 24.9 Å². The van der Waals surface area contributed by atoms with Gasteiger partial charge in [0.1, 0.15) is 12.4 Å². The second-order valence-electron chi connectivity index (χ2n) is 5.17. The van der Waals surface area contributed by atoms with Crippen LogP contribution in [0.5, 0.6) is 0 Å². The number of halogens is 3. The van der Waals surface area contributed by atoms with E-state index in [9.17, 15) is 13.2 Å². The second-order valence-corrected chi connectivity index (χ2v) is 5.17. The molecule has 0 unspecified atom stereocenters. The molecule has 0 saturated heterocycles. The molecule has 1 heterocycles. The molecule has 1 aromatic heterocycles. The summed E-state index contributed by atoms with van der Waals surface area (Å²) in [7, 11) is 0. The highest BCUT2D eigenvalue weighted by atomic mass is 19.4. The molecular formula is C14H22F3NO2. The predicted molar refractivity (Wildman–Crippen MR) is 70.2 cm³/mol. The zero-order valence-corrected chi connectivity index (χ0v) is 11.9. The number of ether oxygens (including phenoxy) is 1. The highest BCUT2D eigenvalue weighted by Crippen LogP contribution is 2.21. The average Bonchev–Trinajstić information content (AvgIpc) is 2.74. The van der Waals surface area contributed by atoms with Crippen LogP contribution in [0, 0.1) is 5.92 Å². The third-order valence-electron chi connectivity index (χ3n) is 2.69. The molecule has 0 amide bonds. The largest absolute Gasteiger partial charge is 0.467 e. The maximum Gasteiger partial charge on any atom is 0.389 e. The van der Waals surface area contributed by atoms with Crippen LogP contribution in [-0.2, 0) is 17.9 Å². The Balaban J connectivity index is 2.22. The van der Waals surface area contributed by atoms with Crippen molar-refractivity contribution in [1.82, 2.24) is 5.32 Å². The number of furan rings is 1. The van der Waals surface area contributed by atoms with Gasteiger partial charge in [-0.3, -0.25) is 0 Å². The molecule has 116 valence electrons. The van der Waals surface area contributed by atoms with Crippen molar-refractivity contribution >= 4 is 0 Å². The molecule has 1 rings (SSSR count). The van der Waals surface area contributed by atoms with E-state index in [1.54, 1.807) is 6.26 Å². The van der Waals surface area contributed by atoms with Gasteiger partial charge in [0.2, 0.25) is 0 Å². The van der Waals surface area contributed by atoms with Gasteiger partial charge in [0, 0.05) is 25.1 Å². The summed E-state index contributed by atoms with van der Waals surface area (Å²) in [6.45, 7) is 6.11. The molecule has 0 atom stereocenters. The molecule has 0 saturated carbocycles. The molecule has 1 aromatic rings. The lowest BCUT2D eigenvalue weighted by Gasteiger charge is -2.08. The summed E-state index contributed by atoms with van der Waals surface area (Å²) < 4.78 is 46.3. The minimum absolute atomic E-state index is 0.0227. The van der Waals surface area contributed by atoms with Gasteiger partial charge >= 0.3 is 6.18 Å². The van der Waals surface area contributed by atoms with Crippen LogP contribution in [0.4, 0.5) is 13.2 Å². The first-order valence-electron chi connectivity index (χ1n) is 6.79. The lowest BCUT2D eigenvalue weighted by atomic mass is 10.2. The van der Waals surface area contributed by atoms with Crippen molar-refractivity contribution in [2.75, 3.05) is 13.2 Å². The van der Waals surface area contributed by atoms with E-state index in [0.29, 0.717) is 18.2 Å². The molecule has 3 nitrogen and oxygen atoms in total. The molecule has 0 bridgehead atoms. The van der Waals surface area contributed by atoms with E-state index in [-0.39, 0.29) is 19.6 Å². The predicted octanol–water partition coefficient (Wildman–Crippen LogP) is 3.88. The summed E-state index contributed by atoms with van der Waals surface area (Å²) in [6, 6.07) is 1.85. The smallest absolute Gasteiger partial charge is 0.389 e.